The molecule has 2 N–H and O–H groups in total. The Kier molecular flexibility index (Phi) is 6.03. The minimum atomic E-state index is -0.253. The molecule has 6 nitrogen and oxygen atoms in total. The molecule has 0 saturated carbocycles. The SMILES string of the molecule is COc1ccc(OCCN2CCN([C@@H](C)C(N)=O)CC2)cc1. The molecular weight excluding hydrogens is 282 g/mol. The predicted octanol–water partition coefficient (Wildman–Crippen LogP) is 0.565. The van der Waals surface area contributed by atoms with Crippen molar-refractivity contribution in [3.8, 4) is 11.5 Å². The Balaban J connectivity index is 1.67. The van der Waals surface area contributed by atoms with Crippen molar-refractivity contribution in [2.75, 3.05) is 46.4 Å². The molecule has 0 spiro atoms. The van der Waals surface area contributed by atoms with Gasteiger partial charge >= 0.3 is 0 Å². The first-order chi connectivity index (χ1) is 10.6. The van der Waals surface area contributed by atoms with Crippen molar-refractivity contribution in [1.29, 1.82) is 0 Å². The second kappa shape index (κ2) is 8.00. The molecule has 6 heteroatoms. The average Bonchev–Trinajstić information content (AvgIpc) is 2.55. The number of piperazine rings is 1. The van der Waals surface area contributed by atoms with Crippen LogP contribution < -0.4 is 15.2 Å². The molecule has 122 valence electrons. The minimum absolute atomic E-state index is 0.183. The molecule has 0 aromatic heterocycles. The number of nitrogens with zero attached hydrogens (tertiary/aromatic N) is 2. The largest absolute Gasteiger partial charge is 0.497 e. The third-order valence-corrected chi connectivity index (χ3v) is 4.10. The van der Waals surface area contributed by atoms with E-state index in [0.717, 1.165) is 44.2 Å². The molecular formula is C16H25N3O3. The Bertz CT molecular complexity index is 470. The molecule has 1 heterocycles. The van der Waals surface area contributed by atoms with Gasteiger partial charge in [-0.25, -0.2) is 0 Å². The van der Waals surface area contributed by atoms with Crippen molar-refractivity contribution in [3.05, 3.63) is 24.3 Å². The van der Waals surface area contributed by atoms with E-state index in [9.17, 15) is 4.79 Å². The van der Waals surface area contributed by atoms with Crippen LogP contribution in [-0.4, -0.2) is 68.2 Å². The highest BCUT2D eigenvalue weighted by Gasteiger charge is 2.23. The molecule has 1 fully saturated rings. The summed E-state index contributed by atoms with van der Waals surface area (Å²) in [6.07, 6.45) is 0. The highest BCUT2D eigenvalue weighted by Crippen LogP contribution is 2.17. The van der Waals surface area contributed by atoms with E-state index in [1.54, 1.807) is 7.11 Å². The van der Waals surface area contributed by atoms with Crippen LogP contribution in [0, 0.1) is 0 Å². The van der Waals surface area contributed by atoms with Crippen LogP contribution >= 0.6 is 0 Å². The lowest BCUT2D eigenvalue weighted by molar-refractivity contribution is -0.123. The van der Waals surface area contributed by atoms with Crippen molar-refractivity contribution < 1.29 is 14.3 Å². The molecule has 1 aromatic carbocycles. The molecule has 1 saturated heterocycles. The van der Waals surface area contributed by atoms with Crippen LogP contribution in [0.4, 0.5) is 0 Å². The number of methoxy groups -OCH3 is 1. The van der Waals surface area contributed by atoms with Gasteiger partial charge in [-0.05, 0) is 31.2 Å². The number of carbonyl (C=O) groups excluding carboxylic acids is 1. The summed E-state index contributed by atoms with van der Waals surface area (Å²) in [5, 5.41) is 0. The predicted molar refractivity (Wildman–Crippen MR) is 85.2 cm³/mol. The van der Waals surface area contributed by atoms with Crippen LogP contribution in [0.3, 0.4) is 0 Å². The standard InChI is InChI=1S/C16H25N3O3/c1-13(16(17)20)19-9-7-18(8-10-19)11-12-22-15-5-3-14(21-2)4-6-15/h3-6,13H,7-12H2,1-2H3,(H2,17,20)/t13-/m0/s1. The smallest absolute Gasteiger partial charge is 0.234 e. The summed E-state index contributed by atoms with van der Waals surface area (Å²) in [5.74, 6) is 1.42. The second-order valence-corrected chi connectivity index (χ2v) is 5.48. The molecule has 1 aliphatic heterocycles. The first-order valence-electron chi connectivity index (χ1n) is 7.62. The highest BCUT2D eigenvalue weighted by molar-refractivity contribution is 5.79. The number of rotatable bonds is 7. The van der Waals surface area contributed by atoms with E-state index in [2.05, 4.69) is 9.80 Å². The molecule has 1 amide bonds. The minimum Gasteiger partial charge on any atom is -0.497 e. The van der Waals surface area contributed by atoms with Gasteiger partial charge in [-0.2, -0.15) is 0 Å². The van der Waals surface area contributed by atoms with Gasteiger partial charge in [-0.15, -0.1) is 0 Å². The lowest BCUT2D eigenvalue weighted by Crippen LogP contribution is -2.53. The number of benzene rings is 1. The molecule has 0 unspecified atom stereocenters. The quantitative estimate of drug-likeness (QED) is 0.797. The molecule has 0 bridgehead atoms. The number of hydrogen-bond acceptors (Lipinski definition) is 5. The van der Waals surface area contributed by atoms with Gasteiger partial charge in [0.2, 0.25) is 5.91 Å². The third-order valence-electron chi connectivity index (χ3n) is 4.10. The third kappa shape index (κ3) is 4.61. The average molecular weight is 307 g/mol. The summed E-state index contributed by atoms with van der Waals surface area (Å²) in [6, 6.07) is 7.41. The van der Waals surface area contributed by atoms with Crippen LogP contribution in [0.25, 0.3) is 0 Å². The molecule has 2 rings (SSSR count). The zero-order chi connectivity index (χ0) is 15.9. The van der Waals surface area contributed by atoms with E-state index < -0.39 is 0 Å². The number of primary amides is 1. The molecule has 1 aliphatic rings. The Labute approximate surface area is 131 Å². The number of carbonyl (C=O) groups is 1. The Morgan fingerprint density at radius 3 is 2.32 bits per heavy atom. The van der Waals surface area contributed by atoms with Gasteiger partial charge in [0.15, 0.2) is 0 Å². The lowest BCUT2D eigenvalue weighted by atomic mass is 10.2. The van der Waals surface area contributed by atoms with Gasteiger partial charge in [0.25, 0.3) is 0 Å². The van der Waals surface area contributed by atoms with Crippen molar-refractivity contribution in [2.45, 2.75) is 13.0 Å². The maximum Gasteiger partial charge on any atom is 0.234 e. The fourth-order valence-electron chi connectivity index (χ4n) is 2.52. The maximum absolute atomic E-state index is 11.2. The van der Waals surface area contributed by atoms with Crippen LogP contribution in [0.1, 0.15) is 6.92 Å². The van der Waals surface area contributed by atoms with Crippen LogP contribution in [0.2, 0.25) is 0 Å². The van der Waals surface area contributed by atoms with Crippen LogP contribution in [0.15, 0.2) is 24.3 Å². The summed E-state index contributed by atoms with van der Waals surface area (Å²) in [7, 11) is 1.65. The van der Waals surface area contributed by atoms with Gasteiger partial charge in [-0.1, -0.05) is 0 Å². The molecule has 1 aromatic rings. The summed E-state index contributed by atoms with van der Waals surface area (Å²) in [6.45, 7) is 7.00. The van der Waals surface area contributed by atoms with Crippen LogP contribution in [-0.2, 0) is 4.79 Å². The molecule has 1 atom stereocenters. The topological polar surface area (TPSA) is 68.0 Å². The Morgan fingerprint density at radius 2 is 1.77 bits per heavy atom. The van der Waals surface area contributed by atoms with Gasteiger partial charge in [0.1, 0.15) is 18.1 Å². The first kappa shape index (κ1) is 16.6. The number of hydrogen-bond donors (Lipinski definition) is 1. The zero-order valence-corrected chi connectivity index (χ0v) is 13.3. The normalized spacial score (nSPS) is 17.9. The monoisotopic (exact) mass is 307 g/mol. The first-order valence-corrected chi connectivity index (χ1v) is 7.62. The summed E-state index contributed by atoms with van der Waals surface area (Å²) < 4.78 is 10.8. The van der Waals surface area contributed by atoms with Gasteiger partial charge < -0.3 is 15.2 Å². The van der Waals surface area contributed by atoms with E-state index in [1.165, 1.54) is 0 Å². The van der Waals surface area contributed by atoms with Crippen LogP contribution in [0.5, 0.6) is 11.5 Å². The van der Waals surface area contributed by atoms with Crippen molar-refractivity contribution in [2.24, 2.45) is 5.73 Å². The maximum atomic E-state index is 11.2. The molecule has 22 heavy (non-hydrogen) atoms. The Hall–Kier alpha value is -1.79. The number of ether oxygens (including phenoxy) is 2. The highest BCUT2D eigenvalue weighted by atomic mass is 16.5. The summed E-state index contributed by atoms with van der Waals surface area (Å²) >= 11 is 0. The second-order valence-electron chi connectivity index (χ2n) is 5.48. The van der Waals surface area contributed by atoms with E-state index >= 15 is 0 Å². The van der Waals surface area contributed by atoms with E-state index in [4.69, 9.17) is 15.2 Å². The summed E-state index contributed by atoms with van der Waals surface area (Å²) in [4.78, 5) is 15.7. The van der Waals surface area contributed by atoms with E-state index in [-0.39, 0.29) is 11.9 Å². The Morgan fingerprint density at radius 1 is 1.18 bits per heavy atom. The molecule has 0 aliphatic carbocycles. The fraction of sp³-hybridized carbons (Fsp3) is 0.562. The fourth-order valence-corrected chi connectivity index (χ4v) is 2.52. The van der Waals surface area contributed by atoms with E-state index in [1.807, 2.05) is 31.2 Å². The number of amides is 1. The summed E-state index contributed by atoms with van der Waals surface area (Å²) in [5.41, 5.74) is 5.34. The molecule has 0 radical (unpaired) electrons. The van der Waals surface area contributed by atoms with Crippen molar-refractivity contribution in [3.63, 3.8) is 0 Å². The van der Waals surface area contributed by atoms with Crippen molar-refractivity contribution in [1.82, 2.24) is 9.80 Å². The van der Waals surface area contributed by atoms with Gasteiger partial charge in [0.05, 0.1) is 13.2 Å². The van der Waals surface area contributed by atoms with Crippen molar-refractivity contribution >= 4 is 5.91 Å². The van der Waals surface area contributed by atoms with Gasteiger partial charge in [-0.3, -0.25) is 14.6 Å². The number of nitrogens with two attached hydrogens (primary N) is 1. The van der Waals surface area contributed by atoms with Gasteiger partial charge in [0, 0.05) is 32.7 Å². The lowest BCUT2D eigenvalue weighted by Gasteiger charge is -2.36. The zero-order valence-electron chi connectivity index (χ0n) is 13.3. The van der Waals surface area contributed by atoms with E-state index in [0.29, 0.717) is 6.61 Å².